The number of benzene rings is 1. The summed E-state index contributed by atoms with van der Waals surface area (Å²) in [7, 11) is 10.8. The highest BCUT2D eigenvalue weighted by Crippen LogP contribution is 2.51. The molecule has 11 aliphatic rings. The van der Waals surface area contributed by atoms with Gasteiger partial charge in [-0.3, -0.25) is 4.90 Å². The second-order valence-corrected chi connectivity index (χ2v) is 53.7. The van der Waals surface area contributed by atoms with E-state index in [1.807, 2.05) is 56.7 Å². The van der Waals surface area contributed by atoms with Crippen LogP contribution in [-0.4, -0.2) is 194 Å². The van der Waals surface area contributed by atoms with Gasteiger partial charge in [-0.25, -0.2) is 59.8 Å². The molecule has 1 aliphatic heterocycles. The smallest absolute Gasteiger partial charge is 0.138 e. The van der Waals surface area contributed by atoms with E-state index in [4.69, 9.17) is 5.73 Å². The van der Waals surface area contributed by atoms with Gasteiger partial charge < -0.3 is 57.9 Å². The molecule has 6 fully saturated rings. The van der Waals surface area contributed by atoms with Crippen molar-refractivity contribution in [2.75, 3.05) is 80.2 Å². The number of aromatic nitrogens is 12. The molecule has 2 atom stereocenters. The van der Waals surface area contributed by atoms with Crippen LogP contribution in [0.2, 0.25) is 0 Å². The van der Waals surface area contributed by atoms with Gasteiger partial charge in [0.25, 0.3) is 0 Å². The highest BCUT2D eigenvalue weighted by Gasteiger charge is 2.38. The first-order chi connectivity index (χ1) is 70.1. The molecule has 145 heavy (non-hydrogen) atoms. The quantitative estimate of drug-likeness (QED) is 0.0363. The maximum Gasteiger partial charge on any atom is 0.138 e. The highest BCUT2D eigenvalue weighted by atomic mass is 32.1. The number of aliphatic hydroxyl groups excluding tert-OH is 1. The molecule has 5 saturated carbocycles. The first-order valence-electron chi connectivity index (χ1n) is 55.4. The minimum Gasteiger partial charge on any atom is -0.393 e. The summed E-state index contributed by atoms with van der Waals surface area (Å²) in [5.41, 5.74) is 17.4. The highest BCUT2D eigenvalue weighted by molar-refractivity contribution is 7.20. The molecule has 10 aliphatic carbocycles. The summed E-state index contributed by atoms with van der Waals surface area (Å²) in [6, 6.07) is 16.4. The van der Waals surface area contributed by atoms with Crippen molar-refractivity contribution in [2.24, 2.45) is 33.8 Å². The molecule has 1 saturated heterocycles. The van der Waals surface area contributed by atoms with E-state index in [0.717, 1.165) is 164 Å². The number of piperidine rings is 1. The monoisotopic (exact) mass is 2070 g/mol. The predicted molar refractivity (Wildman–Crippen MR) is 613 cm³/mol. The van der Waals surface area contributed by atoms with Crippen LogP contribution in [0.4, 0.5) is 34.9 Å². The molecule has 0 amide bonds. The second-order valence-electron chi connectivity index (χ2n) is 47.1. The number of rotatable bonds is 19. The third kappa shape index (κ3) is 25.6. The van der Waals surface area contributed by atoms with Gasteiger partial charge in [0.05, 0.1) is 38.4 Å². The number of hydrogen-bond acceptors (Lipinski definition) is 30. The van der Waals surface area contributed by atoms with Crippen LogP contribution >= 0.6 is 68.0 Å². The molecule has 780 valence electrons. The van der Waals surface area contributed by atoms with E-state index in [9.17, 15) is 5.11 Å². The third-order valence-electron chi connectivity index (χ3n) is 34.4. The number of aryl methyl sites for hydroxylation is 7. The molecular formula is C115H163N23OS6. The van der Waals surface area contributed by atoms with Gasteiger partial charge >= 0.3 is 0 Å². The predicted octanol–water partition coefficient (Wildman–Crippen LogP) is 25.3. The van der Waals surface area contributed by atoms with Gasteiger partial charge in [0.1, 0.15) is 102 Å². The zero-order valence-corrected chi connectivity index (χ0v) is 94.1. The Morgan fingerprint density at radius 2 is 0.662 bits per heavy atom. The fourth-order valence-corrected chi connectivity index (χ4v) is 32.0. The van der Waals surface area contributed by atoms with Crippen molar-refractivity contribution in [2.45, 2.75) is 393 Å². The summed E-state index contributed by atoms with van der Waals surface area (Å²) >= 11 is 11.2. The van der Waals surface area contributed by atoms with Crippen LogP contribution in [0, 0.1) is 41.9 Å². The fourth-order valence-electron chi connectivity index (χ4n) is 24.9. The van der Waals surface area contributed by atoms with Crippen molar-refractivity contribution >= 4 is 164 Å². The molecule has 24 nitrogen and oxygen atoms in total. The zero-order chi connectivity index (χ0) is 101. The molecular weight excluding hydrogens is 1910 g/mol. The van der Waals surface area contributed by atoms with Gasteiger partial charge in [-0.05, 0) is 354 Å². The number of anilines is 6. The van der Waals surface area contributed by atoms with E-state index in [0.29, 0.717) is 64.6 Å². The van der Waals surface area contributed by atoms with Gasteiger partial charge in [-0.1, -0.05) is 98.6 Å². The topological polar surface area (TPSA) is 295 Å². The summed E-state index contributed by atoms with van der Waals surface area (Å²) < 4.78 is 0. The van der Waals surface area contributed by atoms with Gasteiger partial charge in [-0.15, -0.1) is 68.0 Å². The van der Waals surface area contributed by atoms with Crippen molar-refractivity contribution in [3.8, 4) is 0 Å². The second kappa shape index (κ2) is 47.3. The zero-order valence-electron chi connectivity index (χ0n) is 89.2. The molecule has 13 aromatic rings. The summed E-state index contributed by atoms with van der Waals surface area (Å²) in [6.45, 7) is 26.6. The molecule has 13 heterocycles. The SMILES string of the molecule is CC1(C)CCc2sc3ncnc(NC4CCC(O)CC4)c3c2C1.CCC1CCc2c(sc3ncnc(NC4CCC(N)CC4)c23)C1.CCC1CCc2c(sc3ncnc(NC4CCN(Cc5ccccc5)CC4)c23)C1.CN(C)C1CCC(Nc2ncnc3sc4c(c23)CC(C)(C)CC4)CC1.CNC1CCC(Nc2ncnc3sc4c(c23)CC(C)(C)CC4)CC1.Cc1sc2ncnc(NC3CCC(N(C)C)CC3)c2c1C. The minimum absolute atomic E-state index is 0.117. The Bertz CT molecular complexity index is 6460. The van der Waals surface area contributed by atoms with Crippen LogP contribution in [0.15, 0.2) is 68.3 Å². The molecule has 30 heteroatoms. The van der Waals surface area contributed by atoms with Crippen LogP contribution in [0.1, 0.15) is 310 Å². The summed E-state index contributed by atoms with van der Waals surface area (Å²) in [4.78, 5) is 78.1. The maximum atomic E-state index is 9.70. The van der Waals surface area contributed by atoms with Crippen molar-refractivity contribution in [1.82, 2.24) is 79.8 Å². The number of fused-ring (bicyclic) bond motifs is 16. The van der Waals surface area contributed by atoms with Crippen molar-refractivity contribution in [3.63, 3.8) is 0 Å². The lowest BCUT2D eigenvalue weighted by atomic mass is 9.76. The van der Waals surface area contributed by atoms with Crippen LogP contribution in [0.5, 0.6) is 0 Å². The molecule has 1 aromatic carbocycles. The molecule has 0 spiro atoms. The average molecular weight is 2080 g/mol. The summed E-state index contributed by atoms with van der Waals surface area (Å²) in [5.74, 6) is 8.00. The molecule has 0 bridgehead atoms. The van der Waals surface area contributed by atoms with Crippen molar-refractivity contribution < 1.29 is 5.11 Å². The van der Waals surface area contributed by atoms with Crippen molar-refractivity contribution in [1.29, 1.82) is 0 Å². The lowest BCUT2D eigenvalue weighted by Crippen LogP contribution is -2.38. The van der Waals surface area contributed by atoms with Gasteiger partial charge in [0, 0.05) is 109 Å². The van der Waals surface area contributed by atoms with Crippen molar-refractivity contribution in [3.05, 3.63) is 137 Å². The van der Waals surface area contributed by atoms with E-state index in [1.165, 1.54) is 285 Å². The first kappa shape index (κ1) is 105. The minimum atomic E-state index is -0.117. The van der Waals surface area contributed by atoms with E-state index >= 15 is 0 Å². The average Bonchev–Trinajstić information content (AvgIpc) is 1.61. The number of nitrogens with zero attached hydrogens (tertiary/aromatic N) is 15. The van der Waals surface area contributed by atoms with E-state index < -0.39 is 0 Å². The number of nitrogens with one attached hydrogen (secondary N) is 7. The Balaban J connectivity index is 0.000000110. The third-order valence-corrected chi connectivity index (χ3v) is 41.5. The Morgan fingerprint density at radius 3 is 1.01 bits per heavy atom. The number of aliphatic hydroxyl groups is 1. The largest absolute Gasteiger partial charge is 0.393 e. The summed E-state index contributed by atoms with van der Waals surface area (Å²) in [6.07, 6.45) is 56.6. The molecule has 12 aromatic heterocycles. The Morgan fingerprint density at radius 1 is 0.359 bits per heavy atom. The molecule has 10 N–H and O–H groups in total. The molecule has 2 unspecified atom stereocenters. The van der Waals surface area contributed by atoms with E-state index in [-0.39, 0.29) is 6.10 Å². The lowest BCUT2D eigenvalue weighted by Gasteiger charge is -2.33. The van der Waals surface area contributed by atoms with Crippen LogP contribution in [-0.2, 0) is 70.8 Å². The fraction of sp³-hybridized carbons (Fsp3) is 0.635. The van der Waals surface area contributed by atoms with Crippen LogP contribution < -0.4 is 43.0 Å². The number of nitrogens with two attached hydrogens (primary N) is 1. The Kier molecular flexibility index (Phi) is 34.4. The number of hydrogen-bond donors (Lipinski definition) is 9. The van der Waals surface area contributed by atoms with Crippen LogP contribution in [0.25, 0.3) is 61.3 Å². The van der Waals surface area contributed by atoms with E-state index in [2.05, 4.69) is 247 Å². The Hall–Kier alpha value is -7.98. The van der Waals surface area contributed by atoms with Gasteiger partial charge in [0.2, 0.25) is 0 Å². The standard InChI is InChI=1S/C24H30N4S.C20H30N4S.C19H28N4S.C18H26N4S.C18H25N3OS.C16H24N4S/c1-2-17-8-9-20-21(14-17)29-24-22(20)23(25-16-26-24)27-19-10-12-28(13-11-19)15-18-6-4-3-5-7-18;1-20(2)10-9-16-15(11-20)17-18(21-12-22-19(17)25-16)23-13-5-7-14(8-6-13)24(3)4;1-19(2)9-8-15-14(10-19)16-17(21-11-22-18(16)24-15)23-13-6-4-12(20-3)5-7-13;1-2-11-3-8-14-15(9-11)23-18-16(14)17(20-10-21-18)22-13-6-4-12(19)5-7-13;1-18(2)8-7-14-13(9-18)15-16(19-10-20-17(15)23-14)21-11-3-5-12(22)6-4-11;1-10-11(2)21-16-14(10)15(17-9-18-16)19-12-5-7-13(8-6-12)20(3)4/h3-7,16-17,19H,2,8-15H2,1H3,(H,25,26,27);12-14H,5-11H2,1-4H3,(H,21,22,23);11-13,20H,4-10H2,1-3H3,(H,21,22,23);10-13H,2-9,19H2,1H3,(H,20,21,22);10-12,22H,3-9H2,1-2H3,(H,19,20,21);9,12-13H,5-8H2,1-4H3,(H,17,18,19). The molecule has 0 radical (unpaired) electrons. The van der Waals surface area contributed by atoms with Gasteiger partial charge in [-0.2, -0.15) is 0 Å². The lowest BCUT2D eigenvalue weighted by molar-refractivity contribution is 0.126. The summed E-state index contributed by atoms with van der Waals surface area (Å²) in [5, 5.41) is 43.2. The van der Waals surface area contributed by atoms with Crippen LogP contribution in [0.3, 0.4) is 0 Å². The number of thiophene rings is 6. The molecule has 24 rings (SSSR count). The first-order valence-corrected chi connectivity index (χ1v) is 60.3. The normalized spacial score (nSPS) is 25.0. The Labute approximate surface area is 885 Å². The van der Waals surface area contributed by atoms with E-state index in [1.54, 1.807) is 59.1 Å². The number of likely N-dealkylation sites (tertiary alicyclic amines) is 1. The maximum absolute atomic E-state index is 9.70. The van der Waals surface area contributed by atoms with Gasteiger partial charge in [0.15, 0.2) is 0 Å².